The van der Waals surface area contributed by atoms with Gasteiger partial charge in [0.05, 0.1) is 22.9 Å². The van der Waals surface area contributed by atoms with Crippen molar-refractivity contribution in [2.24, 2.45) is 0 Å². The van der Waals surface area contributed by atoms with Crippen molar-refractivity contribution in [3.63, 3.8) is 0 Å². The van der Waals surface area contributed by atoms with Gasteiger partial charge in [0.1, 0.15) is 17.2 Å². The Morgan fingerprint density at radius 3 is 2.59 bits per heavy atom. The highest BCUT2D eigenvalue weighted by Gasteiger charge is 2.29. The van der Waals surface area contributed by atoms with Crippen molar-refractivity contribution in [3.8, 4) is 17.6 Å². The third-order valence-corrected chi connectivity index (χ3v) is 6.53. The second-order valence-electron chi connectivity index (χ2n) is 6.92. The summed E-state index contributed by atoms with van der Waals surface area (Å²) < 4.78 is 25.2. The minimum atomic E-state index is -2.56. The zero-order chi connectivity index (χ0) is 20.4. The molecule has 4 rings (SSSR count). The Balaban J connectivity index is 1.48. The largest absolute Gasteiger partial charge is 0.457 e. The van der Waals surface area contributed by atoms with E-state index < -0.39 is 10.6 Å². The van der Waals surface area contributed by atoms with Gasteiger partial charge in [-0.25, -0.2) is 4.98 Å². The molecule has 148 valence electrons. The van der Waals surface area contributed by atoms with Crippen molar-refractivity contribution in [3.05, 3.63) is 65.9 Å². The van der Waals surface area contributed by atoms with Gasteiger partial charge in [-0.2, -0.15) is 15.9 Å². The van der Waals surface area contributed by atoms with Crippen molar-refractivity contribution in [2.75, 3.05) is 11.5 Å². The Morgan fingerprint density at radius 2 is 1.90 bits per heavy atom. The molecule has 3 aromatic rings. The zero-order valence-corrected chi connectivity index (χ0v) is 16.2. The molecule has 0 bridgehead atoms. The maximum absolute atomic E-state index is 12.4. The molecule has 1 fully saturated rings. The third-order valence-electron chi connectivity index (χ3n) is 4.71. The summed E-state index contributed by atoms with van der Waals surface area (Å²) in [5.41, 5.74) is 1.50. The molecule has 0 spiro atoms. The van der Waals surface area contributed by atoms with E-state index in [1.165, 1.54) is 0 Å². The number of amides is 1. The first-order valence-electron chi connectivity index (χ1n) is 9.05. The van der Waals surface area contributed by atoms with E-state index in [2.05, 4.69) is 16.4 Å². The summed E-state index contributed by atoms with van der Waals surface area (Å²) in [6, 6.07) is 17.5. The number of nitrogens with zero attached hydrogens (tertiary/aromatic N) is 2. The van der Waals surface area contributed by atoms with Gasteiger partial charge in [-0.1, -0.05) is 6.07 Å². The molecule has 2 aromatic carbocycles. The fraction of sp³-hybridized carbons (Fsp3) is 0.190. The van der Waals surface area contributed by atoms with Gasteiger partial charge in [-0.3, -0.25) is 13.9 Å². The summed E-state index contributed by atoms with van der Waals surface area (Å²) in [7, 11) is -2.56. The predicted molar refractivity (Wildman–Crippen MR) is 111 cm³/mol. The molecule has 0 unspecified atom stereocenters. The molecule has 1 aliphatic rings. The second-order valence-corrected chi connectivity index (χ2v) is 9.27. The van der Waals surface area contributed by atoms with E-state index in [1.807, 2.05) is 6.07 Å². The van der Waals surface area contributed by atoms with Gasteiger partial charge < -0.3 is 10.1 Å². The molecule has 29 heavy (non-hydrogen) atoms. The van der Waals surface area contributed by atoms with Crippen molar-refractivity contribution in [1.82, 2.24) is 10.3 Å². The quantitative estimate of drug-likeness (QED) is 0.596. The minimum absolute atomic E-state index is 0.197. The Morgan fingerprint density at radius 1 is 1.14 bits per heavy atom. The Labute approximate surface area is 169 Å². The van der Waals surface area contributed by atoms with Crippen molar-refractivity contribution < 1.29 is 18.6 Å². The van der Waals surface area contributed by atoms with Crippen LogP contribution < -0.4 is 10.1 Å². The fourth-order valence-electron chi connectivity index (χ4n) is 3.22. The molecule has 1 aromatic heterocycles. The summed E-state index contributed by atoms with van der Waals surface area (Å²) >= 11 is 0. The smallest absolute Gasteiger partial charge is 0.270 e. The van der Waals surface area contributed by atoms with E-state index in [4.69, 9.17) is 10.00 Å². The van der Waals surface area contributed by atoms with Crippen LogP contribution in [0.1, 0.15) is 22.5 Å². The summed E-state index contributed by atoms with van der Waals surface area (Å²) in [4.78, 5) is 16.8. The summed E-state index contributed by atoms with van der Waals surface area (Å²) in [5, 5.41) is 12.5. The zero-order valence-electron chi connectivity index (χ0n) is 15.4. The first kappa shape index (κ1) is 19.2. The van der Waals surface area contributed by atoms with Gasteiger partial charge >= 0.3 is 0 Å². The van der Waals surface area contributed by atoms with Crippen LogP contribution in [0.2, 0.25) is 0 Å². The number of hydrogen-bond acceptors (Lipinski definition) is 6. The number of fused-ring (bicyclic) bond motifs is 1. The normalized spacial score (nSPS) is 18.7. The summed E-state index contributed by atoms with van der Waals surface area (Å²) in [6.07, 6.45) is 0.553. The molecular weight excluding hydrogens is 390 g/mol. The van der Waals surface area contributed by atoms with Gasteiger partial charge in [0.25, 0.3) is 5.91 Å². The van der Waals surface area contributed by atoms with Gasteiger partial charge in [-0.15, -0.1) is 0 Å². The van der Waals surface area contributed by atoms with Gasteiger partial charge in [0.15, 0.2) is 0 Å². The van der Waals surface area contributed by atoms with Crippen LogP contribution in [0.25, 0.3) is 10.9 Å². The molecule has 0 saturated carbocycles. The molecule has 1 atom stereocenters. The number of carbonyl (C=O) groups excluding carboxylic acids is 1. The first-order chi connectivity index (χ1) is 13.9. The number of nitriles is 1. The van der Waals surface area contributed by atoms with Crippen LogP contribution in [0, 0.1) is 11.3 Å². The molecular formula is C21H19N3O4S. The predicted octanol–water partition coefficient (Wildman–Crippen LogP) is 4.15. The Hall–Kier alpha value is -3.12. The van der Waals surface area contributed by atoms with Crippen LogP contribution in [0.3, 0.4) is 0 Å². The van der Waals surface area contributed by atoms with E-state index >= 15 is 0 Å². The van der Waals surface area contributed by atoms with Crippen molar-refractivity contribution in [1.29, 1.82) is 5.26 Å². The number of rotatable bonds is 4. The average Bonchev–Trinajstić information content (AvgIpc) is 3.06. The Kier molecular flexibility index (Phi) is 5.11. The standard InChI is InChI=1S/C21H19N3O4S/c22-12-14-1-4-17(5-2-14)28-18-6-8-19-15(11-18)3-7-20(24-19)21(25)23-16-9-10-29(26,27)13-16/h1-8,11,16,26-27H,9-10,13H2,(H,23,25)/t16-/m1/s1. The van der Waals surface area contributed by atoms with Crippen LogP contribution in [-0.4, -0.2) is 37.5 Å². The number of pyridine rings is 1. The topological polar surface area (TPSA) is 115 Å². The summed E-state index contributed by atoms with van der Waals surface area (Å²) in [5.74, 6) is 1.44. The van der Waals surface area contributed by atoms with Crippen LogP contribution in [-0.2, 0) is 0 Å². The Bertz CT molecular complexity index is 1110. The first-order valence-corrected chi connectivity index (χ1v) is 10.9. The van der Waals surface area contributed by atoms with E-state index in [0.29, 0.717) is 34.8 Å². The lowest BCUT2D eigenvalue weighted by Crippen LogP contribution is -2.35. The third kappa shape index (κ3) is 4.49. The monoisotopic (exact) mass is 409 g/mol. The highest BCUT2D eigenvalue weighted by Crippen LogP contribution is 2.45. The van der Waals surface area contributed by atoms with Crippen LogP contribution in [0.5, 0.6) is 11.5 Å². The van der Waals surface area contributed by atoms with Crippen molar-refractivity contribution >= 4 is 27.4 Å². The van der Waals surface area contributed by atoms with Crippen LogP contribution in [0.4, 0.5) is 0 Å². The van der Waals surface area contributed by atoms with Gasteiger partial charge in [0, 0.05) is 17.2 Å². The van der Waals surface area contributed by atoms with E-state index in [9.17, 15) is 13.9 Å². The molecule has 7 nitrogen and oxygen atoms in total. The SMILES string of the molecule is N#Cc1ccc(Oc2ccc3nc(C(=O)N[C@@H]4CCS(O)(O)C4)ccc3c2)cc1. The number of ether oxygens (including phenoxy) is 1. The lowest BCUT2D eigenvalue weighted by Gasteiger charge is -2.25. The number of benzene rings is 2. The second kappa shape index (κ2) is 7.72. The number of nitrogens with one attached hydrogen (secondary N) is 1. The average molecular weight is 409 g/mol. The van der Waals surface area contributed by atoms with E-state index in [1.54, 1.807) is 48.5 Å². The molecule has 1 aliphatic heterocycles. The lowest BCUT2D eigenvalue weighted by atomic mass is 10.1. The minimum Gasteiger partial charge on any atom is -0.457 e. The molecule has 2 heterocycles. The van der Waals surface area contributed by atoms with Gasteiger partial charge in [-0.05, 0) is 55.0 Å². The van der Waals surface area contributed by atoms with Crippen molar-refractivity contribution in [2.45, 2.75) is 12.5 Å². The highest BCUT2D eigenvalue weighted by atomic mass is 32.3. The maximum atomic E-state index is 12.4. The fourth-order valence-corrected chi connectivity index (χ4v) is 4.94. The van der Waals surface area contributed by atoms with E-state index in [-0.39, 0.29) is 23.4 Å². The molecule has 1 amide bonds. The number of hydrogen-bond donors (Lipinski definition) is 3. The molecule has 0 aliphatic carbocycles. The molecule has 3 N–H and O–H groups in total. The van der Waals surface area contributed by atoms with E-state index in [0.717, 1.165) is 5.39 Å². The molecule has 0 radical (unpaired) electrons. The number of aromatic nitrogens is 1. The van der Waals surface area contributed by atoms with Crippen LogP contribution in [0.15, 0.2) is 54.6 Å². The lowest BCUT2D eigenvalue weighted by molar-refractivity contribution is 0.0936. The molecule has 1 saturated heterocycles. The summed E-state index contributed by atoms with van der Waals surface area (Å²) in [6.45, 7) is 0. The maximum Gasteiger partial charge on any atom is 0.270 e. The number of carbonyl (C=O) groups is 1. The highest BCUT2D eigenvalue weighted by molar-refractivity contribution is 8.24. The van der Waals surface area contributed by atoms with Gasteiger partial charge in [0.2, 0.25) is 0 Å². The van der Waals surface area contributed by atoms with Crippen LogP contribution >= 0.6 is 10.6 Å². The molecule has 8 heteroatoms.